The molecule has 1 saturated heterocycles. The summed E-state index contributed by atoms with van der Waals surface area (Å²) in [6, 6.07) is 0.408. The Morgan fingerprint density at radius 1 is 1.31 bits per heavy atom. The summed E-state index contributed by atoms with van der Waals surface area (Å²) in [5.41, 5.74) is 6.93. The fourth-order valence-corrected chi connectivity index (χ4v) is 2.22. The maximum absolute atomic E-state index is 5.83. The SMILES string of the molecule is Cc1cnc(N2CCCCCC2CN)nc1. The smallest absolute Gasteiger partial charge is 0.225 e. The Bertz CT molecular complexity index is 322. The fraction of sp³-hybridized carbons (Fsp3) is 0.667. The number of anilines is 1. The molecule has 1 fully saturated rings. The van der Waals surface area contributed by atoms with Gasteiger partial charge in [0.25, 0.3) is 0 Å². The minimum atomic E-state index is 0.408. The molecule has 1 unspecified atom stereocenters. The van der Waals surface area contributed by atoms with Gasteiger partial charge in [0, 0.05) is 31.5 Å². The van der Waals surface area contributed by atoms with Gasteiger partial charge in [-0.25, -0.2) is 9.97 Å². The number of nitrogens with two attached hydrogens (primary N) is 1. The lowest BCUT2D eigenvalue weighted by Crippen LogP contribution is -2.41. The van der Waals surface area contributed by atoms with Gasteiger partial charge in [-0.05, 0) is 25.3 Å². The molecule has 1 aromatic rings. The molecule has 0 saturated carbocycles. The van der Waals surface area contributed by atoms with Crippen LogP contribution in [-0.2, 0) is 0 Å². The van der Waals surface area contributed by atoms with E-state index in [4.69, 9.17) is 5.73 Å². The van der Waals surface area contributed by atoms with Gasteiger partial charge in [0.15, 0.2) is 0 Å². The van der Waals surface area contributed by atoms with E-state index in [9.17, 15) is 0 Å². The number of hydrogen-bond donors (Lipinski definition) is 1. The Morgan fingerprint density at radius 2 is 2.06 bits per heavy atom. The van der Waals surface area contributed by atoms with Gasteiger partial charge < -0.3 is 10.6 Å². The van der Waals surface area contributed by atoms with Gasteiger partial charge in [-0.2, -0.15) is 0 Å². The van der Waals surface area contributed by atoms with Crippen molar-refractivity contribution in [1.29, 1.82) is 0 Å². The van der Waals surface area contributed by atoms with Crippen LogP contribution in [0, 0.1) is 6.92 Å². The standard InChI is InChI=1S/C12H20N4/c1-10-8-14-12(15-9-10)16-6-4-2-3-5-11(16)7-13/h8-9,11H,2-7,13H2,1H3. The first kappa shape index (κ1) is 11.3. The second-order valence-electron chi connectivity index (χ2n) is 4.49. The number of aryl methyl sites for hydroxylation is 1. The van der Waals surface area contributed by atoms with E-state index < -0.39 is 0 Å². The third kappa shape index (κ3) is 2.50. The van der Waals surface area contributed by atoms with Crippen molar-refractivity contribution in [3.63, 3.8) is 0 Å². The molecule has 4 heteroatoms. The average Bonchev–Trinajstić information content (AvgIpc) is 2.55. The molecule has 4 nitrogen and oxygen atoms in total. The molecule has 1 atom stereocenters. The van der Waals surface area contributed by atoms with Crippen LogP contribution in [0.2, 0.25) is 0 Å². The molecule has 0 radical (unpaired) electrons. The Balaban J connectivity index is 2.18. The Kier molecular flexibility index (Phi) is 3.72. The molecule has 2 N–H and O–H groups in total. The highest BCUT2D eigenvalue weighted by Gasteiger charge is 2.21. The first-order valence-electron chi connectivity index (χ1n) is 6.06. The summed E-state index contributed by atoms with van der Waals surface area (Å²) in [7, 11) is 0. The van der Waals surface area contributed by atoms with E-state index in [0.717, 1.165) is 24.5 Å². The van der Waals surface area contributed by atoms with E-state index in [2.05, 4.69) is 14.9 Å². The summed E-state index contributed by atoms with van der Waals surface area (Å²) < 4.78 is 0. The van der Waals surface area contributed by atoms with Crippen molar-refractivity contribution >= 4 is 5.95 Å². The largest absolute Gasteiger partial charge is 0.337 e. The topological polar surface area (TPSA) is 55.0 Å². The van der Waals surface area contributed by atoms with Crippen molar-refractivity contribution in [2.75, 3.05) is 18.0 Å². The minimum absolute atomic E-state index is 0.408. The molecule has 1 aromatic heterocycles. The van der Waals surface area contributed by atoms with Gasteiger partial charge >= 0.3 is 0 Å². The highest BCUT2D eigenvalue weighted by atomic mass is 15.3. The van der Waals surface area contributed by atoms with Gasteiger partial charge in [-0.15, -0.1) is 0 Å². The molecule has 0 amide bonds. The second-order valence-corrected chi connectivity index (χ2v) is 4.49. The van der Waals surface area contributed by atoms with Crippen molar-refractivity contribution < 1.29 is 0 Å². The molecular weight excluding hydrogens is 200 g/mol. The molecule has 2 heterocycles. The van der Waals surface area contributed by atoms with Crippen LogP contribution in [0.1, 0.15) is 31.2 Å². The number of nitrogens with zero attached hydrogens (tertiary/aromatic N) is 3. The summed E-state index contributed by atoms with van der Waals surface area (Å²) >= 11 is 0. The molecule has 88 valence electrons. The Hall–Kier alpha value is -1.16. The van der Waals surface area contributed by atoms with E-state index >= 15 is 0 Å². The van der Waals surface area contributed by atoms with Crippen molar-refractivity contribution in [2.45, 2.75) is 38.6 Å². The first-order valence-corrected chi connectivity index (χ1v) is 6.06. The zero-order valence-corrected chi connectivity index (χ0v) is 9.89. The third-order valence-electron chi connectivity index (χ3n) is 3.17. The van der Waals surface area contributed by atoms with Gasteiger partial charge in [0.1, 0.15) is 0 Å². The third-order valence-corrected chi connectivity index (χ3v) is 3.17. The average molecular weight is 220 g/mol. The van der Waals surface area contributed by atoms with Crippen molar-refractivity contribution in [3.05, 3.63) is 18.0 Å². The summed E-state index contributed by atoms with van der Waals surface area (Å²) in [4.78, 5) is 11.1. The van der Waals surface area contributed by atoms with Crippen molar-refractivity contribution in [3.8, 4) is 0 Å². The lowest BCUT2D eigenvalue weighted by Gasteiger charge is -2.28. The molecule has 0 aromatic carbocycles. The van der Waals surface area contributed by atoms with Gasteiger partial charge in [-0.1, -0.05) is 12.8 Å². The molecule has 2 rings (SSSR count). The zero-order valence-electron chi connectivity index (χ0n) is 9.89. The summed E-state index contributed by atoms with van der Waals surface area (Å²) in [5.74, 6) is 0.836. The second kappa shape index (κ2) is 5.25. The molecule has 1 aliphatic rings. The van der Waals surface area contributed by atoms with Crippen LogP contribution >= 0.6 is 0 Å². The fourth-order valence-electron chi connectivity index (χ4n) is 2.22. The monoisotopic (exact) mass is 220 g/mol. The molecule has 1 aliphatic heterocycles. The van der Waals surface area contributed by atoms with Gasteiger partial charge in [0.05, 0.1) is 0 Å². The van der Waals surface area contributed by atoms with E-state index in [1.54, 1.807) is 0 Å². The predicted molar refractivity (Wildman–Crippen MR) is 65.4 cm³/mol. The van der Waals surface area contributed by atoms with Crippen molar-refractivity contribution in [1.82, 2.24) is 9.97 Å². The molecule has 0 aliphatic carbocycles. The van der Waals surface area contributed by atoms with Crippen LogP contribution in [0.25, 0.3) is 0 Å². The number of aromatic nitrogens is 2. The van der Waals surface area contributed by atoms with Crippen LogP contribution in [-0.4, -0.2) is 29.1 Å². The zero-order chi connectivity index (χ0) is 11.4. The van der Waals surface area contributed by atoms with E-state index in [-0.39, 0.29) is 0 Å². The molecule has 0 spiro atoms. The summed E-state index contributed by atoms with van der Waals surface area (Å²) in [5, 5.41) is 0. The van der Waals surface area contributed by atoms with Crippen molar-refractivity contribution in [2.24, 2.45) is 5.73 Å². The van der Waals surface area contributed by atoms with Crippen LogP contribution < -0.4 is 10.6 Å². The normalized spacial score (nSPS) is 21.9. The van der Waals surface area contributed by atoms with Crippen LogP contribution in [0.4, 0.5) is 5.95 Å². The van der Waals surface area contributed by atoms with Gasteiger partial charge in [-0.3, -0.25) is 0 Å². The lowest BCUT2D eigenvalue weighted by molar-refractivity contribution is 0.570. The van der Waals surface area contributed by atoms with Crippen LogP contribution in [0.3, 0.4) is 0 Å². The quantitative estimate of drug-likeness (QED) is 0.820. The number of hydrogen-bond acceptors (Lipinski definition) is 4. The maximum Gasteiger partial charge on any atom is 0.225 e. The predicted octanol–water partition coefficient (Wildman–Crippen LogP) is 1.49. The maximum atomic E-state index is 5.83. The minimum Gasteiger partial charge on any atom is -0.337 e. The highest BCUT2D eigenvalue weighted by molar-refractivity contribution is 5.32. The summed E-state index contributed by atoms with van der Waals surface area (Å²) in [6.45, 7) is 3.73. The lowest BCUT2D eigenvalue weighted by atomic mass is 10.1. The first-order chi connectivity index (χ1) is 7.81. The van der Waals surface area contributed by atoms with E-state index in [1.165, 1.54) is 19.3 Å². The molecular formula is C12H20N4. The Labute approximate surface area is 96.9 Å². The molecule has 0 bridgehead atoms. The van der Waals surface area contributed by atoms with Gasteiger partial charge in [0.2, 0.25) is 5.95 Å². The van der Waals surface area contributed by atoms with E-state index in [1.807, 2.05) is 19.3 Å². The number of rotatable bonds is 2. The Morgan fingerprint density at radius 3 is 2.75 bits per heavy atom. The summed E-state index contributed by atoms with van der Waals surface area (Å²) in [6.07, 6.45) is 8.69. The molecule has 16 heavy (non-hydrogen) atoms. The van der Waals surface area contributed by atoms with Crippen LogP contribution in [0.5, 0.6) is 0 Å². The van der Waals surface area contributed by atoms with E-state index in [0.29, 0.717) is 12.6 Å². The highest BCUT2D eigenvalue weighted by Crippen LogP contribution is 2.20. The van der Waals surface area contributed by atoms with Crippen LogP contribution in [0.15, 0.2) is 12.4 Å².